The highest BCUT2D eigenvalue weighted by Crippen LogP contribution is 2.19. The normalized spacial score (nSPS) is 17.6. The zero-order valence-corrected chi connectivity index (χ0v) is 21.1. The molecule has 1 saturated heterocycles. The number of anilines is 1. The van der Waals surface area contributed by atoms with Gasteiger partial charge in [0.1, 0.15) is 6.04 Å². The molecule has 1 heterocycles. The van der Waals surface area contributed by atoms with Crippen LogP contribution in [0.1, 0.15) is 37.6 Å². The Kier molecular flexibility index (Phi) is 8.80. The van der Waals surface area contributed by atoms with Crippen LogP contribution in [0.5, 0.6) is 0 Å². The molecule has 2 aromatic rings. The summed E-state index contributed by atoms with van der Waals surface area (Å²) in [4.78, 5) is 42.4. The van der Waals surface area contributed by atoms with Crippen LogP contribution < -0.4 is 10.6 Å². The van der Waals surface area contributed by atoms with Gasteiger partial charge in [-0.3, -0.25) is 9.59 Å². The molecule has 34 heavy (non-hydrogen) atoms. The van der Waals surface area contributed by atoms with Crippen LogP contribution in [0.4, 0.5) is 10.5 Å². The molecule has 0 aromatic heterocycles. The lowest BCUT2D eigenvalue weighted by Crippen LogP contribution is -2.60. The molecular formula is C25H30Cl2N4O3. The molecule has 0 spiro atoms. The van der Waals surface area contributed by atoms with Crippen molar-refractivity contribution in [1.82, 2.24) is 15.1 Å². The van der Waals surface area contributed by atoms with Gasteiger partial charge in [0.15, 0.2) is 0 Å². The van der Waals surface area contributed by atoms with Crippen molar-refractivity contribution in [3.05, 3.63) is 64.1 Å². The van der Waals surface area contributed by atoms with E-state index in [9.17, 15) is 14.4 Å². The predicted octanol–water partition coefficient (Wildman–Crippen LogP) is 4.90. The van der Waals surface area contributed by atoms with Crippen molar-refractivity contribution in [3.8, 4) is 0 Å². The highest BCUT2D eigenvalue weighted by molar-refractivity contribution is 6.31. The highest BCUT2D eigenvalue weighted by atomic mass is 35.5. The summed E-state index contributed by atoms with van der Waals surface area (Å²) in [6.07, 6.45) is 0.732. The zero-order chi connectivity index (χ0) is 24.8. The number of halogens is 2. The maximum atomic E-state index is 13.4. The van der Waals surface area contributed by atoms with Gasteiger partial charge in [0, 0.05) is 47.0 Å². The average molecular weight is 505 g/mol. The molecule has 1 aliphatic rings. The van der Waals surface area contributed by atoms with Gasteiger partial charge in [-0.15, -0.1) is 0 Å². The number of carbonyl (C=O) groups is 3. The first kappa shape index (κ1) is 25.8. The second kappa shape index (κ2) is 11.6. The predicted molar refractivity (Wildman–Crippen MR) is 135 cm³/mol. The fourth-order valence-corrected chi connectivity index (χ4v) is 4.15. The van der Waals surface area contributed by atoms with Crippen LogP contribution in [0, 0.1) is 5.92 Å². The fraction of sp³-hybridized carbons (Fsp3) is 0.400. The maximum Gasteiger partial charge on any atom is 0.322 e. The number of piperazine rings is 1. The van der Waals surface area contributed by atoms with Crippen molar-refractivity contribution < 1.29 is 14.4 Å². The van der Waals surface area contributed by atoms with Crippen molar-refractivity contribution >= 4 is 46.7 Å². The number of hydrogen-bond acceptors (Lipinski definition) is 3. The minimum Gasteiger partial charge on any atom is -0.340 e. The van der Waals surface area contributed by atoms with E-state index >= 15 is 0 Å². The van der Waals surface area contributed by atoms with E-state index in [1.807, 2.05) is 20.8 Å². The number of hydrogen-bond donors (Lipinski definition) is 2. The Morgan fingerprint density at radius 2 is 1.59 bits per heavy atom. The molecule has 0 bridgehead atoms. The molecular weight excluding hydrogens is 475 g/mol. The van der Waals surface area contributed by atoms with Gasteiger partial charge < -0.3 is 20.4 Å². The number of rotatable bonds is 6. The van der Waals surface area contributed by atoms with Crippen LogP contribution in [-0.4, -0.2) is 59.4 Å². The number of nitrogens with one attached hydrogen (secondary N) is 2. The van der Waals surface area contributed by atoms with Gasteiger partial charge in [-0.2, -0.15) is 0 Å². The average Bonchev–Trinajstić information content (AvgIpc) is 2.83. The Labute approximate surface area is 210 Å². The molecule has 3 rings (SSSR count). The van der Waals surface area contributed by atoms with E-state index in [1.54, 1.807) is 58.3 Å². The third kappa shape index (κ3) is 6.42. The second-order valence-electron chi connectivity index (χ2n) is 8.61. The zero-order valence-electron chi connectivity index (χ0n) is 19.6. The first-order valence-corrected chi connectivity index (χ1v) is 12.1. The Hall–Kier alpha value is -2.77. The van der Waals surface area contributed by atoms with Crippen LogP contribution in [0.15, 0.2) is 48.5 Å². The lowest BCUT2D eigenvalue weighted by Gasteiger charge is -2.41. The minimum absolute atomic E-state index is 0.0507. The molecule has 0 aliphatic carbocycles. The quantitative estimate of drug-likeness (QED) is 0.586. The van der Waals surface area contributed by atoms with Crippen LogP contribution in [0.3, 0.4) is 0 Å². The van der Waals surface area contributed by atoms with Gasteiger partial charge in [-0.05, 0) is 61.4 Å². The smallest absolute Gasteiger partial charge is 0.322 e. The molecule has 9 heteroatoms. The number of nitrogens with zero attached hydrogens (tertiary/aromatic N) is 2. The van der Waals surface area contributed by atoms with Crippen LogP contribution in [0.25, 0.3) is 0 Å². The Morgan fingerprint density at radius 1 is 1.00 bits per heavy atom. The molecule has 0 radical (unpaired) electrons. The summed E-state index contributed by atoms with van der Waals surface area (Å²) in [7, 11) is 0. The summed E-state index contributed by atoms with van der Waals surface area (Å²) < 4.78 is 0. The van der Waals surface area contributed by atoms with Gasteiger partial charge in [-0.25, -0.2) is 4.79 Å². The van der Waals surface area contributed by atoms with Gasteiger partial charge in [0.25, 0.3) is 5.91 Å². The van der Waals surface area contributed by atoms with Crippen molar-refractivity contribution in [2.45, 2.75) is 39.3 Å². The SMILES string of the molecule is CCC(C)C(NC(=O)c1ccc(Cl)cc1)C(=O)N1CCN(C(=O)Nc2ccc(Cl)cc2)C(C)C1. The fourth-order valence-electron chi connectivity index (χ4n) is 3.89. The van der Waals surface area contributed by atoms with Crippen molar-refractivity contribution in [2.75, 3.05) is 25.0 Å². The van der Waals surface area contributed by atoms with Gasteiger partial charge >= 0.3 is 6.03 Å². The van der Waals surface area contributed by atoms with E-state index in [2.05, 4.69) is 10.6 Å². The number of urea groups is 1. The number of carbonyl (C=O) groups excluding carboxylic acids is 3. The standard InChI is InChI=1S/C25H30Cl2N4O3/c1-4-16(2)22(29-23(32)18-5-7-19(26)8-6-18)24(33)30-13-14-31(17(3)15-30)25(34)28-21-11-9-20(27)10-12-21/h5-12,16-17,22H,4,13-15H2,1-3H3,(H,28,34)(H,29,32). The first-order chi connectivity index (χ1) is 16.2. The van der Waals surface area contributed by atoms with E-state index < -0.39 is 6.04 Å². The Balaban J connectivity index is 1.64. The van der Waals surface area contributed by atoms with Crippen LogP contribution in [-0.2, 0) is 4.79 Å². The summed E-state index contributed by atoms with van der Waals surface area (Å²) in [6.45, 7) is 7.01. The maximum absolute atomic E-state index is 13.4. The number of benzene rings is 2. The monoisotopic (exact) mass is 504 g/mol. The van der Waals surface area contributed by atoms with Gasteiger partial charge in [0.2, 0.25) is 5.91 Å². The summed E-state index contributed by atoms with van der Waals surface area (Å²) in [5, 5.41) is 6.91. The van der Waals surface area contributed by atoms with Crippen LogP contribution >= 0.6 is 23.2 Å². The minimum atomic E-state index is -0.658. The van der Waals surface area contributed by atoms with Gasteiger partial charge in [0.05, 0.1) is 0 Å². The molecule has 0 saturated carbocycles. The van der Waals surface area contributed by atoms with E-state index in [1.165, 1.54) is 0 Å². The van der Waals surface area contributed by atoms with Crippen molar-refractivity contribution in [2.24, 2.45) is 5.92 Å². The van der Waals surface area contributed by atoms with Crippen molar-refractivity contribution in [3.63, 3.8) is 0 Å². The third-order valence-corrected chi connectivity index (χ3v) is 6.67. The topological polar surface area (TPSA) is 81.8 Å². The van der Waals surface area contributed by atoms with Gasteiger partial charge in [-0.1, -0.05) is 43.5 Å². The first-order valence-electron chi connectivity index (χ1n) is 11.4. The molecule has 2 aromatic carbocycles. The largest absolute Gasteiger partial charge is 0.340 e. The molecule has 3 unspecified atom stereocenters. The molecule has 1 aliphatic heterocycles. The Bertz CT molecular complexity index is 1010. The Morgan fingerprint density at radius 3 is 2.15 bits per heavy atom. The van der Waals surface area contributed by atoms with E-state index in [4.69, 9.17) is 23.2 Å². The second-order valence-corrected chi connectivity index (χ2v) is 9.48. The highest BCUT2D eigenvalue weighted by Gasteiger charge is 2.35. The number of amides is 4. The molecule has 182 valence electrons. The van der Waals surface area contributed by atoms with Crippen molar-refractivity contribution in [1.29, 1.82) is 0 Å². The lowest BCUT2D eigenvalue weighted by atomic mass is 9.96. The summed E-state index contributed by atoms with van der Waals surface area (Å²) in [5.41, 5.74) is 1.10. The van der Waals surface area contributed by atoms with Crippen LogP contribution in [0.2, 0.25) is 10.0 Å². The molecule has 4 amide bonds. The van der Waals surface area contributed by atoms with E-state index in [0.29, 0.717) is 40.9 Å². The summed E-state index contributed by atoms with van der Waals surface area (Å²) in [6, 6.07) is 12.4. The summed E-state index contributed by atoms with van der Waals surface area (Å²) >= 11 is 11.8. The molecule has 7 nitrogen and oxygen atoms in total. The lowest BCUT2D eigenvalue weighted by molar-refractivity contribution is -0.136. The van der Waals surface area contributed by atoms with E-state index in [0.717, 1.165) is 6.42 Å². The summed E-state index contributed by atoms with van der Waals surface area (Å²) in [5.74, 6) is -0.504. The molecule has 2 N–H and O–H groups in total. The molecule has 3 atom stereocenters. The van der Waals surface area contributed by atoms with E-state index in [-0.39, 0.29) is 29.8 Å². The molecule has 1 fully saturated rings. The third-order valence-electron chi connectivity index (χ3n) is 6.17.